The summed E-state index contributed by atoms with van der Waals surface area (Å²) in [6, 6.07) is 27.2. The number of aliphatic hydroxyl groups excluding tert-OH is 1. The summed E-state index contributed by atoms with van der Waals surface area (Å²) in [5.74, 6) is 0.547. The van der Waals surface area contributed by atoms with E-state index in [-0.39, 0.29) is 43.5 Å². The van der Waals surface area contributed by atoms with E-state index < -0.39 is 0 Å². The van der Waals surface area contributed by atoms with E-state index in [2.05, 4.69) is 82.2 Å². The van der Waals surface area contributed by atoms with Crippen LogP contribution in [0.25, 0.3) is 59.9 Å². The molecule has 3 aromatic carbocycles. The number of fused-ring (bicyclic) bond motifs is 7. The van der Waals surface area contributed by atoms with Crippen molar-refractivity contribution in [1.29, 1.82) is 0 Å². The molecular weight excluding hydrogens is 711 g/mol. The van der Waals surface area contributed by atoms with Crippen LogP contribution < -0.4 is 0 Å². The molecule has 5 nitrogen and oxygen atoms in total. The molecule has 1 N–H and O–H groups in total. The topological polar surface area (TPSA) is 67.5 Å². The van der Waals surface area contributed by atoms with Gasteiger partial charge in [0.1, 0.15) is 6.33 Å². The fourth-order valence-corrected chi connectivity index (χ4v) is 6.32. The van der Waals surface area contributed by atoms with Gasteiger partial charge in [-0.25, -0.2) is 4.98 Å². The molecule has 0 spiro atoms. The molecular formula is C37H36IrN3O2-. The van der Waals surface area contributed by atoms with Gasteiger partial charge < -0.3 is 9.51 Å². The molecule has 0 saturated heterocycles. The van der Waals surface area contributed by atoms with E-state index in [4.69, 9.17) is 4.98 Å². The van der Waals surface area contributed by atoms with Crippen molar-refractivity contribution in [3.63, 3.8) is 0 Å². The van der Waals surface area contributed by atoms with Crippen molar-refractivity contribution in [2.75, 3.05) is 0 Å². The van der Waals surface area contributed by atoms with Crippen LogP contribution in [0.2, 0.25) is 0 Å². The van der Waals surface area contributed by atoms with Crippen molar-refractivity contribution in [2.24, 2.45) is 11.8 Å². The molecule has 6 heteroatoms. The minimum absolute atomic E-state index is 0. The van der Waals surface area contributed by atoms with Gasteiger partial charge in [-0.15, -0.1) is 23.6 Å². The van der Waals surface area contributed by atoms with Gasteiger partial charge in [-0.2, -0.15) is 0 Å². The molecule has 1 radical (unpaired) electrons. The van der Waals surface area contributed by atoms with E-state index in [0.717, 1.165) is 58.4 Å². The molecule has 0 aliphatic heterocycles. The largest absolute Gasteiger partial charge is 0.512 e. The molecule has 0 aliphatic rings. The van der Waals surface area contributed by atoms with E-state index in [9.17, 15) is 9.90 Å². The third kappa shape index (κ3) is 5.28. The normalized spacial score (nSPS) is 12.2. The molecule has 43 heavy (non-hydrogen) atoms. The smallest absolute Gasteiger partial charge is 0.162 e. The number of carbonyl (C=O) groups is 1. The summed E-state index contributed by atoms with van der Waals surface area (Å²) in [5, 5.41) is 16.7. The van der Waals surface area contributed by atoms with E-state index >= 15 is 0 Å². The molecule has 7 rings (SSSR count). The number of benzene rings is 3. The Morgan fingerprint density at radius 3 is 2.12 bits per heavy atom. The SMILES string of the molecule is CCC(CC)C(=O)/C=C(\O)C(CC)CC.[Ir].[c-]1c2ccccc2cc2c1c1ncnc3c4ccccc4c4ccc2n4c13. The van der Waals surface area contributed by atoms with Crippen LogP contribution in [0.4, 0.5) is 0 Å². The van der Waals surface area contributed by atoms with E-state index in [0.29, 0.717) is 0 Å². The Morgan fingerprint density at radius 2 is 1.42 bits per heavy atom. The van der Waals surface area contributed by atoms with Crippen LogP contribution in [0.15, 0.2) is 84.9 Å². The molecule has 221 valence electrons. The summed E-state index contributed by atoms with van der Waals surface area (Å²) in [5.41, 5.74) is 5.40. The first-order chi connectivity index (χ1) is 20.5. The minimum Gasteiger partial charge on any atom is -0.512 e. The maximum Gasteiger partial charge on any atom is 0.162 e. The molecule has 0 aliphatic carbocycles. The monoisotopic (exact) mass is 747 g/mol. The van der Waals surface area contributed by atoms with Crippen molar-refractivity contribution in [1.82, 2.24) is 14.4 Å². The molecule has 0 saturated carbocycles. The fraction of sp³-hybridized carbons (Fsp3) is 0.270. The maximum atomic E-state index is 11.7. The first-order valence-corrected chi connectivity index (χ1v) is 15.1. The Kier molecular flexibility index (Phi) is 9.10. The number of allylic oxidation sites excluding steroid dienone is 2. The third-order valence-electron chi connectivity index (χ3n) is 8.77. The predicted octanol–water partition coefficient (Wildman–Crippen LogP) is 9.60. The van der Waals surface area contributed by atoms with Crippen molar-refractivity contribution in [3.8, 4) is 0 Å². The van der Waals surface area contributed by atoms with Gasteiger partial charge in [0.05, 0.1) is 22.3 Å². The predicted molar refractivity (Wildman–Crippen MR) is 174 cm³/mol. The summed E-state index contributed by atoms with van der Waals surface area (Å²) in [7, 11) is 0. The zero-order chi connectivity index (χ0) is 29.4. The standard InChI is InChI=1S/C24H12N3.C13H24O2.Ir/c1-2-6-15-12-19-18(11-14(15)5-1)21-10-9-20-16-7-3-4-8-17(16)22-24(27(20)21)23(19)26-13-25-22;1-5-10(6-2)12(14)9-13(15)11(7-3)8-4;/h1-11,13H;9-11,14H,5-8H2,1-4H3;/q-1;;/b;12-9-;. The summed E-state index contributed by atoms with van der Waals surface area (Å²) in [4.78, 5) is 21.1. The average Bonchev–Trinajstić information content (AvgIpc) is 3.48. The quantitative estimate of drug-likeness (QED) is 0.0580. The summed E-state index contributed by atoms with van der Waals surface area (Å²) in [6.07, 6.45) is 6.58. The maximum absolute atomic E-state index is 11.7. The molecule has 0 unspecified atom stereocenters. The van der Waals surface area contributed by atoms with Gasteiger partial charge in [0.2, 0.25) is 0 Å². The van der Waals surface area contributed by atoms with Gasteiger partial charge in [-0.1, -0.05) is 86.3 Å². The van der Waals surface area contributed by atoms with Gasteiger partial charge in [-0.05, 0) is 37.8 Å². The second-order valence-electron chi connectivity index (χ2n) is 11.0. The van der Waals surface area contributed by atoms with Gasteiger partial charge in [0, 0.05) is 59.8 Å². The number of rotatable bonds is 7. The zero-order valence-corrected chi connectivity index (χ0v) is 27.4. The molecule has 4 heterocycles. The van der Waals surface area contributed by atoms with Crippen molar-refractivity contribution in [3.05, 3.63) is 91.0 Å². The van der Waals surface area contributed by atoms with Crippen LogP contribution in [0.1, 0.15) is 53.4 Å². The van der Waals surface area contributed by atoms with Crippen molar-refractivity contribution >= 4 is 65.7 Å². The minimum atomic E-state index is 0. The Bertz CT molecular complexity index is 2090. The number of pyridine rings is 2. The van der Waals surface area contributed by atoms with E-state index in [1.54, 1.807) is 6.33 Å². The van der Waals surface area contributed by atoms with Gasteiger partial charge in [0.15, 0.2) is 5.78 Å². The molecule has 0 amide bonds. The van der Waals surface area contributed by atoms with Crippen LogP contribution in [0.5, 0.6) is 0 Å². The second kappa shape index (κ2) is 12.8. The number of aromatic nitrogens is 3. The van der Waals surface area contributed by atoms with Crippen molar-refractivity contribution in [2.45, 2.75) is 53.4 Å². The first-order valence-electron chi connectivity index (χ1n) is 15.1. The number of nitrogens with zero attached hydrogens (tertiary/aromatic N) is 3. The number of hydrogen-bond acceptors (Lipinski definition) is 4. The van der Waals surface area contributed by atoms with Crippen LogP contribution in [0.3, 0.4) is 0 Å². The molecule has 0 bridgehead atoms. The molecule has 4 aromatic heterocycles. The number of carbonyl (C=O) groups excluding carboxylic acids is 1. The van der Waals surface area contributed by atoms with Crippen LogP contribution >= 0.6 is 0 Å². The Hall–Kier alpha value is -3.86. The summed E-state index contributed by atoms with van der Waals surface area (Å²) >= 11 is 0. The van der Waals surface area contributed by atoms with Crippen LogP contribution in [-0.4, -0.2) is 25.3 Å². The molecule has 0 atom stereocenters. The average molecular weight is 747 g/mol. The Balaban J connectivity index is 0.000000201. The summed E-state index contributed by atoms with van der Waals surface area (Å²) in [6.45, 7) is 8.07. The van der Waals surface area contributed by atoms with Gasteiger partial charge in [0.25, 0.3) is 0 Å². The van der Waals surface area contributed by atoms with Gasteiger partial charge in [-0.3, -0.25) is 9.78 Å². The van der Waals surface area contributed by atoms with Crippen LogP contribution in [0, 0.1) is 17.9 Å². The first kappa shape index (κ1) is 30.6. The van der Waals surface area contributed by atoms with Gasteiger partial charge >= 0.3 is 0 Å². The fourth-order valence-electron chi connectivity index (χ4n) is 6.32. The number of aliphatic hydroxyl groups is 1. The van der Waals surface area contributed by atoms with Crippen LogP contribution in [-0.2, 0) is 24.9 Å². The summed E-state index contributed by atoms with van der Waals surface area (Å²) < 4.78 is 2.32. The Labute approximate surface area is 265 Å². The molecule has 0 fully saturated rings. The van der Waals surface area contributed by atoms with E-state index in [1.165, 1.54) is 33.3 Å². The number of hydrogen-bond donors (Lipinski definition) is 1. The second-order valence-corrected chi connectivity index (χ2v) is 11.0. The van der Waals surface area contributed by atoms with E-state index in [1.807, 2.05) is 27.7 Å². The van der Waals surface area contributed by atoms with Crippen molar-refractivity contribution < 1.29 is 30.0 Å². The Morgan fingerprint density at radius 1 is 0.814 bits per heavy atom. The number of ketones is 1. The third-order valence-corrected chi connectivity index (χ3v) is 8.77. The molecule has 7 aromatic rings. The zero-order valence-electron chi connectivity index (χ0n) is 25.0.